The Balaban J connectivity index is 1.34. The Hall–Kier alpha value is -3.72. The molecule has 1 amide bonds. The van der Waals surface area contributed by atoms with Gasteiger partial charge in [0.15, 0.2) is 11.0 Å². The van der Waals surface area contributed by atoms with Crippen molar-refractivity contribution >= 4 is 23.4 Å². The van der Waals surface area contributed by atoms with Gasteiger partial charge in [0.2, 0.25) is 0 Å². The predicted molar refractivity (Wildman–Crippen MR) is 128 cm³/mol. The predicted octanol–water partition coefficient (Wildman–Crippen LogP) is 4.99. The molecule has 1 atom stereocenters. The zero-order chi connectivity index (χ0) is 23.7. The van der Waals surface area contributed by atoms with Gasteiger partial charge in [-0.25, -0.2) is 9.40 Å². The van der Waals surface area contributed by atoms with E-state index in [0.717, 1.165) is 22.4 Å². The van der Waals surface area contributed by atoms with Crippen molar-refractivity contribution in [2.45, 2.75) is 24.5 Å². The Kier molecular flexibility index (Phi) is 6.02. The minimum atomic E-state index is -0.312. The van der Waals surface area contributed by atoms with Crippen LogP contribution in [0, 0.1) is 12.7 Å². The van der Waals surface area contributed by atoms with Gasteiger partial charge in [-0.05, 0) is 48.9 Å². The van der Waals surface area contributed by atoms with Gasteiger partial charge < -0.3 is 8.98 Å². The van der Waals surface area contributed by atoms with Gasteiger partial charge in [0.1, 0.15) is 17.6 Å². The first-order chi connectivity index (χ1) is 16.5. The van der Waals surface area contributed by atoms with Crippen molar-refractivity contribution in [3.63, 3.8) is 0 Å². The molecule has 172 valence electrons. The van der Waals surface area contributed by atoms with E-state index >= 15 is 0 Å². The minimum Gasteiger partial charge on any atom is -0.467 e. The Bertz CT molecular complexity index is 1330. The fraction of sp³-hybridized carbons (Fsp3) is 0.200. The first kappa shape index (κ1) is 22.1. The second-order valence-electron chi connectivity index (χ2n) is 8.05. The van der Waals surface area contributed by atoms with E-state index in [4.69, 9.17) is 4.42 Å². The van der Waals surface area contributed by atoms with Crippen molar-refractivity contribution in [2.24, 2.45) is 12.1 Å². The molecule has 0 N–H and O–H groups in total. The molecule has 5 rings (SSSR count). The lowest BCUT2D eigenvalue weighted by Crippen LogP contribution is -2.28. The van der Waals surface area contributed by atoms with Gasteiger partial charge in [-0.3, -0.25) is 4.79 Å². The van der Waals surface area contributed by atoms with E-state index in [0.29, 0.717) is 23.2 Å². The molecule has 9 heteroatoms. The van der Waals surface area contributed by atoms with E-state index in [9.17, 15) is 9.18 Å². The number of nitrogens with zero attached hydrogens (tertiary/aromatic N) is 5. The molecular weight excluding hydrogens is 453 g/mol. The SMILES string of the molecule is Cc1ccc(C2=NN(C(=O)CSc3nnc(-c4ccc(F)cc4)n3C)C(c3ccco3)C2)cc1. The van der Waals surface area contributed by atoms with Crippen LogP contribution in [0.1, 0.15) is 29.3 Å². The van der Waals surface area contributed by atoms with Gasteiger partial charge in [-0.1, -0.05) is 41.6 Å². The van der Waals surface area contributed by atoms with Crippen LogP contribution in [0.25, 0.3) is 11.4 Å². The van der Waals surface area contributed by atoms with Crippen molar-refractivity contribution in [3.05, 3.63) is 89.6 Å². The van der Waals surface area contributed by atoms with Gasteiger partial charge in [0.05, 0.1) is 17.7 Å². The van der Waals surface area contributed by atoms with Crippen LogP contribution in [0.15, 0.2) is 81.6 Å². The van der Waals surface area contributed by atoms with Gasteiger partial charge in [-0.2, -0.15) is 5.10 Å². The first-order valence-corrected chi connectivity index (χ1v) is 11.8. The topological polar surface area (TPSA) is 76.5 Å². The fourth-order valence-electron chi connectivity index (χ4n) is 3.85. The summed E-state index contributed by atoms with van der Waals surface area (Å²) in [6, 6.07) is 17.6. The maximum absolute atomic E-state index is 13.2. The van der Waals surface area contributed by atoms with Crippen LogP contribution >= 0.6 is 11.8 Å². The van der Waals surface area contributed by atoms with Crippen molar-refractivity contribution in [3.8, 4) is 11.4 Å². The number of carbonyl (C=O) groups is 1. The van der Waals surface area contributed by atoms with Gasteiger partial charge in [-0.15, -0.1) is 10.2 Å². The van der Waals surface area contributed by atoms with E-state index < -0.39 is 0 Å². The zero-order valence-electron chi connectivity index (χ0n) is 18.7. The summed E-state index contributed by atoms with van der Waals surface area (Å²) >= 11 is 1.28. The monoisotopic (exact) mass is 475 g/mol. The summed E-state index contributed by atoms with van der Waals surface area (Å²) in [7, 11) is 1.82. The summed E-state index contributed by atoms with van der Waals surface area (Å²) in [6.45, 7) is 2.03. The molecular formula is C25H22FN5O2S. The maximum Gasteiger partial charge on any atom is 0.253 e. The molecule has 1 unspecified atom stereocenters. The first-order valence-electron chi connectivity index (χ1n) is 10.8. The highest BCUT2D eigenvalue weighted by Gasteiger charge is 2.35. The number of aromatic nitrogens is 3. The van der Waals surface area contributed by atoms with Gasteiger partial charge >= 0.3 is 0 Å². The standard InChI is InChI=1S/C25H22FN5O2S/c1-16-5-7-17(8-6-16)20-14-21(22-4-3-13-33-22)31(29-20)23(32)15-34-25-28-27-24(30(25)2)18-9-11-19(26)12-10-18/h3-13,21H,14-15H2,1-2H3. The minimum absolute atomic E-state index is 0.136. The number of carbonyl (C=O) groups excluding carboxylic acids is 1. The molecule has 3 heterocycles. The second-order valence-corrected chi connectivity index (χ2v) is 8.99. The highest BCUT2D eigenvalue weighted by Crippen LogP contribution is 2.34. The molecule has 0 spiro atoms. The zero-order valence-corrected chi connectivity index (χ0v) is 19.5. The summed E-state index contributed by atoms with van der Waals surface area (Å²) < 4.78 is 20.7. The molecule has 0 fully saturated rings. The van der Waals surface area contributed by atoms with Crippen LogP contribution < -0.4 is 0 Å². The highest BCUT2D eigenvalue weighted by atomic mass is 32.2. The Labute approximate surface area is 200 Å². The molecule has 0 saturated carbocycles. The number of aryl methyl sites for hydroxylation is 1. The Morgan fingerprint density at radius 3 is 2.53 bits per heavy atom. The second kappa shape index (κ2) is 9.26. The average Bonchev–Trinajstić information content (AvgIpc) is 3.59. The number of benzene rings is 2. The van der Waals surface area contributed by atoms with E-state index in [2.05, 4.69) is 15.3 Å². The molecule has 4 aromatic rings. The highest BCUT2D eigenvalue weighted by molar-refractivity contribution is 7.99. The summed E-state index contributed by atoms with van der Waals surface area (Å²) in [4.78, 5) is 13.2. The smallest absolute Gasteiger partial charge is 0.253 e. The lowest BCUT2D eigenvalue weighted by atomic mass is 10.0. The molecule has 0 aliphatic carbocycles. The molecule has 0 saturated heterocycles. The summed E-state index contributed by atoms with van der Waals surface area (Å²) in [5, 5.41) is 15.2. The van der Waals surface area contributed by atoms with Crippen LogP contribution in [0.3, 0.4) is 0 Å². The van der Waals surface area contributed by atoms with Crippen LogP contribution in [-0.4, -0.2) is 37.1 Å². The van der Waals surface area contributed by atoms with E-state index in [1.807, 2.05) is 50.4 Å². The average molecular weight is 476 g/mol. The van der Waals surface area contributed by atoms with E-state index in [1.165, 1.54) is 28.9 Å². The van der Waals surface area contributed by atoms with Crippen LogP contribution in [-0.2, 0) is 11.8 Å². The molecule has 1 aliphatic rings. The summed E-state index contributed by atoms with van der Waals surface area (Å²) in [6.07, 6.45) is 2.18. The summed E-state index contributed by atoms with van der Waals surface area (Å²) in [5.74, 6) is 0.969. The lowest BCUT2D eigenvalue weighted by Gasteiger charge is -2.19. The van der Waals surface area contributed by atoms with Crippen LogP contribution in [0.2, 0.25) is 0 Å². The van der Waals surface area contributed by atoms with Crippen LogP contribution in [0.4, 0.5) is 4.39 Å². The largest absolute Gasteiger partial charge is 0.467 e. The third-order valence-electron chi connectivity index (χ3n) is 5.68. The van der Waals surface area contributed by atoms with E-state index in [-0.39, 0.29) is 23.5 Å². The number of amides is 1. The lowest BCUT2D eigenvalue weighted by molar-refractivity contribution is -0.130. The van der Waals surface area contributed by atoms with Crippen molar-refractivity contribution < 1.29 is 13.6 Å². The number of thioether (sulfide) groups is 1. The van der Waals surface area contributed by atoms with E-state index in [1.54, 1.807) is 23.0 Å². The number of hydrazone groups is 1. The molecule has 34 heavy (non-hydrogen) atoms. The fourth-order valence-corrected chi connectivity index (χ4v) is 4.61. The molecule has 7 nitrogen and oxygen atoms in total. The Morgan fingerprint density at radius 1 is 1.09 bits per heavy atom. The number of halogens is 1. The third kappa shape index (κ3) is 4.38. The number of hydrogen-bond acceptors (Lipinski definition) is 6. The molecule has 1 aliphatic heterocycles. The van der Waals surface area contributed by atoms with Crippen LogP contribution in [0.5, 0.6) is 0 Å². The third-order valence-corrected chi connectivity index (χ3v) is 6.69. The molecule has 2 aromatic heterocycles. The number of hydrogen-bond donors (Lipinski definition) is 0. The normalized spacial score (nSPS) is 15.6. The number of rotatable bonds is 6. The number of furan rings is 1. The molecule has 0 radical (unpaired) electrons. The van der Waals surface area contributed by atoms with Gasteiger partial charge in [0.25, 0.3) is 5.91 Å². The quantitative estimate of drug-likeness (QED) is 0.367. The molecule has 0 bridgehead atoms. The summed E-state index contributed by atoms with van der Waals surface area (Å²) in [5.41, 5.74) is 3.75. The molecule has 2 aromatic carbocycles. The van der Waals surface area contributed by atoms with Crippen molar-refractivity contribution in [1.82, 2.24) is 19.8 Å². The maximum atomic E-state index is 13.2. The Morgan fingerprint density at radius 2 is 1.82 bits per heavy atom. The van der Waals surface area contributed by atoms with Crippen molar-refractivity contribution in [1.29, 1.82) is 0 Å². The van der Waals surface area contributed by atoms with Crippen molar-refractivity contribution in [2.75, 3.05) is 5.75 Å². The van der Waals surface area contributed by atoms with Gasteiger partial charge in [0, 0.05) is 19.0 Å².